The minimum Gasteiger partial charge on any atom is -0.323 e. The highest BCUT2D eigenvalue weighted by molar-refractivity contribution is 5.79. The summed E-state index contributed by atoms with van der Waals surface area (Å²) in [5, 5.41) is 3.51. The van der Waals surface area contributed by atoms with E-state index in [1.54, 1.807) is 6.21 Å². The Labute approximate surface area is 72.1 Å². The lowest BCUT2D eigenvalue weighted by molar-refractivity contribution is 0.912. The summed E-state index contributed by atoms with van der Waals surface area (Å²) in [5.74, 6) is 5.08. The molecule has 0 amide bonds. The molecule has 0 heterocycles. The molecule has 0 radical (unpaired) electrons. The molecule has 0 unspecified atom stereocenters. The van der Waals surface area contributed by atoms with Crippen molar-refractivity contribution in [3.8, 4) is 0 Å². The van der Waals surface area contributed by atoms with Gasteiger partial charge in [-0.1, -0.05) is 12.1 Å². The smallest absolute Gasteiger partial charge is 0.0538 e. The van der Waals surface area contributed by atoms with Crippen LogP contribution in [0.2, 0.25) is 0 Å². The maximum absolute atomic E-state index is 5.08. The molecule has 1 aromatic carbocycles. The SMILES string of the molecule is N/N=C/c1ccc2c(c1)CCC2. The largest absolute Gasteiger partial charge is 0.323 e. The Morgan fingerprint density at radius 1 is 1.25 bits per heavy atom. The standard InChI is InChI=1S/C10H12N2/c11-12-7-8-4-5-9-2-1-3-10(9)6-8/h4-7H,1-3,11H2/b12-7+. The van der Waals surface area contributed by atoms with Crippen LogP contribution in [0.5, 0.6) is 0 Å². The maximum Gasteiger partial charge on any atom is 0.0538 e. The van der Waals surface area contributed by atoms with Crippen molar-refractivity contribution in [2.75, 3.05) is 0 Å². The Hall–Kier alpha value is -1.31. The topological polar surface area (TPSA) is 38.4 Å². The Morgan fingerprint density at radius 2 is 2.08 bits per heavy atom. The summed E-state index contributed by atoms with van der Waals surface area (Å²) in [6.07, 6.45) is 5.42. The summed E-state index contributed by atoms with van der Waals surface area (Å²) in [5.41, 5.74) is 4.06. The second-order valence-corrected chi connectivity index (χ2v) is 3.16. The third kappa shape index (κ3) is 1.20. The maximum atomic E-state index is 5.08. The zero-order chi connectivity index (χ0) is 8.39. The number of nitrogens with zero attached hydrogens (tertiary/aromatic N) is 1. The lowest BCUT2D eigenvalue weighted by atomic mass is 10.1. The molecule has 2 heteroatoms. The fourth-order valence-electron chi connectivity index (χ4n) is 1.76. The molecule has 0 aromatic heterocycles. The normalized spacial score (nSPS) is 15.3. The van der Waals surface area contributed by atoms with Gasteiger partial charge in [0.05, 0.1) is 6.21 Å². The summed E-state index contributed by atoms with van der Waals surface area (Å²) in [7, 11) is 0. The molecule has 0 fully saturated rings. The van der Waals surface area contributed by atoms with Crippen molar-refractivity contribution in [1.29, 1.82) is 0 Å². The molecule has 0 atom stereocenters. The number of rotatable bonds is 1. The zero-order valence-corrected chi connectivity index (χ0v) is 6.96. The van der Waals surface area contributed by atoms with Crippen molar-refractivity contribution in [2.24, 2.45) is 10.9 Å². The molecular formula is C10H12N2. The third-order valence-electron chi connectivity index (χ3n) is 2.35. The molecule has 12 heavy (non-hydrogen) atoms. The monoisotopic (exact) mass is 160 g/mol. The fourth-order valence-corrected chi connectivity index (χ4v) is 1.76. The highest BCUT2D eigenvalue weighted by Crippen LogP contribution is 2.21. The van der Waals surface area contributed by atoms with E-state index in [0.717, 1.165) is 5.56 Å². The molecule has 0 bridgehead atoms. The van der Waals surface area contributed by atoms with E-state index >= 15 is 0 Å². The van der Waals surface area contributed by atoms with Crippen LogP contribution in [0.3, 0.4) is 0 Å². The number of nitrogens with two attached hydrogens (primary N) is 1. The predicted molar refractivity (Wildman–Crippen MR) is 50.2 cm³/mol. The second-order valence-electron chi connectivity index (χ2n) is 3.16. The molecule has 1 aliphatic rings. The van der Waals surface area contributed by atoms with Gasteiger partial charge in [0.25, 0.3) is 0 Å². The summed E-state index contributed by atoms with van der Waals surface area (Å²) >= 11 is 0. The van der Waals surface area contributed by atoms with E-state index in [1.807, 2.05) is 0 Å². The third-order valence-corrected chi connectivity index (χ3v) is 2.35. The molecule has 2 N–H and O–H groups in total. The minimum atomic E-state index is 1.11. The van der Waals surface area contributed by atoms with E-state index < -0.39 is 0 Å². The van der Waals surface area contributed by atoms with Crippen LogP contribution >= 0.6 is 0 Å². The van der Waals surface area contributed by atoms with Crippen LogP contribution in [0.1, 0.15) is 23.1 Å². The number of hydrogen-bond donors (Lipinski definition) is 1. The first-order valence-corrected chi connectivity index (χ1v) is 4.25. The highest BCUT2D eigenvalue weighted by atomic mass is 15.1. The minimum absolute atomic E-state index is 1.11. The van der Waals surface area contributed by atoms with Gasteiger partial charge in [-0.05, 0) is 42.0 Å². The van der Waals surface area contributed by atoms with Crippen molar-refractivity contribution in [3.05, 3.63) is 34.9 Å². The van der Waals surface area contributed by atoms with Crippen molar-refractivity contribution in [2.45, 2.75) is 19.3 Å². The first-order chi connectivity index (χ1) is 5.90. The van der Waals surface area contributed by atoms with E-state index in [0.29, 0.717) is 0 Å². The fraction of sp³-hybridized carbons (Fsp3) is 0.300. The summed E-state index contributed by atoms with van der Waals surface area (Å²) in [6.45, 7) is 0. The molecule has 1 aliphatic carbocycles. The molecule has 0 saturated carbocycles. The van der Waals surface area contributed by atoms with Gasteiger partial charge in [0.2, 0.25) is 0 Å². The number of benzene rings is 1. The van der Waals surface area contributed by atoms with Crippen LogP contribution in [-0.4, -0.2) is 6.21 Å². The molecule has 2 nitrogen and oxygen atoms in total. The Bertz CT molecular complexity index is 316. The van der Waals surface area contributed by atoms with Crippen LogP contribution in [-0.2, 0) is 12.8 Å². The Morgan fingerprint density at radius 3 is 2.92 bits per heavy atom. The molecule has 0 spiro atoms. The van der Waals surface area contributed by atoms with Crippen molar-refractivity contribution in [1.82, 2.24) is 0 Å². The molecule has 0 aliphatic heterocycles. The van der Waals surface area contributed by atoms with Crippen LogP contribution < -0.4 is 5.84 Å². The number of fused-ring (bicyclic) bond motifs is 1. The Balaban J connectivity index is 2.38. The van der Waals surface area contributed by atoms with Gasteiger partial charge in [0.1, 0.15) is 0 Å². The molecule has 62 valence electrons. The summed E-state index contributed by atoms with van der Waals surface area (Å²) < 4.78 is 0. The highest BCUT2D eigenvalue weighted by Gasteiger charge is 2.09. The van der Waals surface area contributed by atoms with E-state index in [-0.39, 0.29) is 0 Å². The van der Waals surface area contributed by atoms with Gasteiger partial charge in [-0.3, -0.25) is 0 Å². The first kappa shape index (κ1) is 7.35. The number of hydrogen-bond acceptors (Lipinski definition) is 2. The van der Waals surface area contributed by atoms with Gasteiger partial charge in [-0.2, -0.15) is 5.10 Å². The first-order valence-electron chi connectivity index (χ1n) is 4.25. The average molecular weight is 160 g/mol. The van der Waals surface area contributed by atoms with Crippen LogP contribution in [0.25, 0.3) is 0 Å². The predicted octanol–water partition coefficient (Wildman–Crippen LogP) is 1.47. The van der Waals surface area contributed by atoms with Crippen molar-refractivity contribution >= 4 is 6.21 Å². The molecule has 0 saturated heterocycles. The van der Waals surface area contributed by atoms with E-state index in [4.69, 9.17) is 5.84 Å². The van der Waals surface area contributed by atoms with Gasteiger partial charge in [0, 0.05) is 0 Å². The molecular weight excluding hydrogens is 148 g/mol. The zero-order valence-electron chi connectivity index (χ0n) is 6.96. The van der Waals surface area contributed by atoms with Crippen molar-refractivity contribution in [3.63, 3.8) is 0 Å². The van der Waals surface area contributed by atoms with Gasteiger partial charge in [-0.15, -0.1) is 0 Å². The summed E-state index contributed by atoms with van der Waals surface area (Å²) in [4.78, 5) is 0. The van der Waals surface area contributed by atoms with Crippen LogP contribution in [0.4, 0.5) is 0 Å². The average Bonchev–Trinajstić information content (AvgIpc) is 2.51. The lowest BCUT2D eigenvalue weighted by Crippen LogP contribution is -1.89. The number of aryl methyl sites for hydroxylation is 2. The quantitative estimate of drug-likeness (QED) is 0.377. The van der Waals surface area contributed by atoms with Gasteiger partial charge < -0.3 is 5.84 Å². The summed E-state index contributed by atoms with van der Waals surface area (Å²) in [6, 6.07) is 6.43. The molecule has 1 aromatic rings. The molecule has 2 rings (SSSR count). The van der Waals surface area contributed by atoms with Crippen LogP contribution in [0.15, 0.2) is 23.3 Å². The van der Waals surface area contributed by atoms with Gasteiger partial charge >= 0.3 is 0 Å². The van der Waals surface area contributed by atoms with Crippen LogP contribution in [0, 0.1) is 0 Å². The van der Waals surface area contributed by atoms with E-state index in [1.165, 1.54) is 30.4 Å². The van der Waals surface area contributed by atoms with E-state index in [2.05, 4.69) is 23.3 Å². The van der Waals surface area contributed by atoms with E-state index in [9.17, 15) is 0 Å². The number of hydrazone groups is 1. The lowest BCUT2D eigenvalue weighted by Gasteiger charge is -1.98. The van der Waals surface area contributed by atoms with Crippen molar-refractivity contribution < 1.29 is 0 Å². The van der Waals surface area contributed by atoms with Gasteiger partial charge in [0.15, 0.2) is 0 Å². The Kier molecular flexibility index (Phi) is 1.82. The van der Waals surface area contributed by atoms with Gasteiger partial charge in [-0.25, -0.2) is 0 Å². The second kappa shape index (κ2) is 2.97.